The highest BCUT2D eigenvalue weighted by Gasteiger charge is 2.45. The van der Waals surface area contributed by atoms with Crippen molar-refractivity contribution in [1.29, 1.82) is 0 Å². The van der Waals surface area contributed by atoms with Gasteiger partial charge >= 0.3 is 12.4 Å². The molecule has 2 aromatic rings. The minimum atomic E-state index is -5.00. The second-order valence-corrected chi connectivity index (χ2v) is 6.37. The van der Waals surface area contributed by atoms with Crippen molar-refractivity contribution < 1.29 is 39.9 Å². The Hall–Kier alpha value is -2.92. The molecule has 3 rings (SSSR count). The number of imidazole rings is 1. The molecule has 12 heteroatoms. The summed E-state index contributed by atoms with van der Waals surface area (Å²) in [6.07, 6.45) is -6.85. The number of hydrogen-bond donors (Lipinski definition) is 1. The lowest BCUT2D eigenvalue weighted by Crippen LogP contribution is -2.57. The van der Waals surface area contributed by atoms with E-state index in [0.29, 0.717) is 12.1 Å². The average molecular weight is 425 g/mol. The molecular formula is C17H11F8N3O. The molecule has 156 valence electrons. The van der Waals surface area contributed by atoms with Gasteiger partial charge in [0.05, 0.1) is 36.1 Å². The van der Waals surface area contributed by atoms with Gasteiger partial charge in [0.15, 0.2) is 0 Å². The number of aromatic amines is 1. The molecule has 4 nitrogen and oxygen atoms in total. The number of nitrogens with one attached hydrogen (secondary N) is 1. The first-order chi connectivity index (χ1) is 13.2. The Bertz CT molecular complexity index is 918. The highest BCUT2D eigenvalue weighted by Crippen LogP contribution is 2.38. The predicted octanol–water partition coefficient (Wildman–Crippen LogP) is 4.61. The highest BCUT2D eigenvalue weighted by molar-refractivity contribution is 5.92. The molecule has 0 atom stereocenters. The van der Waals surface area contributed by atoms with E-state index in [1.165, 1.54) is 0 Å². The summed E-state index contributed by atoms with van der Waals surface area (Å²) in [5.74, 6) is -3.95. The molecule has 1 saturated heterocycles. The number of rotatable bonds is 3. The zero-order valence-electron chi connectivity index (χ0n) is 14.2. The third-order valence-electron chi connectivity index (χ3n) is 4.02. The number of nitrogens with zero attached hydrogens (tertiary/aromatic N) is 2. The van der Waals surface area contributed by atoms with Crippen molar-refractivity contribution in [3.63, 3.8) is 0 Å². The van der Waals surface area contributed by atoms with Crippen LogP contribution in [0.3, 0.4) is 0 Å². The molecule has 1 aliphatic rings. The summed E-state index contributed by atoms with van der Waals surface area (Å²) < 4.78 is 103. The van der Waals surface area contributed by atoms with Gasteiger partial charge in [-0.25, -0.2) is 13.8 Å². The second kappa shape index (κ2) is 6.85. The van der Waals surface area contributed by atoms with Crippen molar-refractivity contribution in [3.8, 4) is 11.4 Å². The van der Waals surface area contributed by atoms with Crippen LogP contribution in [0, 0.1) is 0 Å². The first-order valence-electron chi connectivity index (χ1n) is 7.94. The van der Waals surface area contributed by atoms with Crippen molar-refractivity contribution in [1.82, 2.24) is 14.9 Å². The Labute approximate surface area is 157 Å². The number of carbonyl (C=O) groups excluding carboxylic acids is 1. The number of likely N-dealkylation sites (tertiary alicyclic amines) is 1. The Morgan fingerprint density at radius 3 is 2.07 bits per heavy atom. The summed E-state index contributed by atoms with van der Waals surface area (Å²) in [4.78, 5) is 18.8. The van der Waals surface area contributed by atoms with Gasteiger partial charge in [0.2, 0.25) is 5.91 Å². The van der Waals surface area contributed by atoms with Crippen LogP contribution in [-0.2, 0) is 17.1 Å². The van der Waals surface area contributed by atoms with Gasteiger partial charge in [0.1, 0.15) is 5.82 Å². The van der Waals surface area contributed by atoms with Crippen molar-refractivity contribution in [2.75, 3.05) is 13.1 Å². The fraction of sp³-hybridized carbons (Fsp3) is 0.294. The normalized spacial score (nSPS) is 16.9. The van der Waals surface area contributed by atoms with E-state index in [4.69, 9.17) is 0 Å². The Morgan fingerprint density at radius 1 is 1.03 bits per heavy atom. The van der Waals surface area contributed by atoms with Crippen molar-refractivity contribution in [2.45, 2.75) is 18.3 Å². The third kappa shape index (κ3) is 4.74. The van der Waals surface area contributed by atoms with E-state index in [1.54, 1.807) is 0 Å². The van der Waals surface area contributed by atoms with Gasteiger partial charge in [-0.05, 0) is 24.3 Å². The Kier molecular flexibility index (Phi) is 4.91. The predicted molar refractivity (Wildman–Crippen MR) is 84.6 cm³/mol. The number of halogens is 8. The van der Waals surface area contributed by atoms with E-state index in [-0.39, 0.29) is 17.6 Å². The summed E-state index contributed by atoms with van der Waals surface area (Å²) in [5, 5.41) is 0. The molecule has 1 aromatic carbocycles. The summed E-state index contributed by atoms with van der Waals surface area (Å²) in [7, 11) is 0. The van der Waals surface area contributed by atoms with E-state index in [0.717, 1.165) is 23.2 Å². The molecule has 29 heavy (non-hydrogen) atoms. The van der Waals surface area contributed by atoms with Crippen LogP contribution in [0.5, 0.6) is 0 Å². The summed E-state index contributed by atoms with van der Waals surface area (Å²) in [6.45, 7) is -1.45. The van der Waals surface area contributed by atoms with Crippen molar-refractivity contribution in [3.05, 3.63) is 47.3 Å². The first kappa shape index (κ1) is 20.8. The number of carbonyl (C=O) groups is 1. The van der Waals surface area contributed by atoms with Gasteiger partial charge < -0.3 is 9.88 Å². The maximum absolute atomic E-state index is 12.9. The summed E-state index contributed by atoms with van der Waals surface area (Å²) in [6, 6.07) is 1.01. The fourth-order valence-electron chi connectivity index (χ4n) is 2.59. The van der Waals surface area contributed by atoms with Crippen LogP contribution >= 0.6 is 0 Å². The molecule has 1 fully saturated rings. The topological polar surface area (TPSA) is 49.0 Å². The van der Waals surface area contributed by atoms with E-state index in [1.807, 2.05) is 0 Å². The van der Waals surface area contributed by atoms with Crippen LogP contribution in [0.4, 0.5) is 35.1 Å². The van der Waals surface area contributed by atoms with Crippen LogP contribution in [0.1, 0.15) is 16.8 Å². The lowest BCUT2D eigenvalue weighted by Gasteiger charge is -2.37. The Morgan fingerprint density at radius 2 is 1.59 bits per heavy atom. The van der Waals surface area contributed by atoms with E-state index >= 15 is 0 Å². The minimum Gasteiger partial charge on any atom is -0.338 e. The highest BCUT2D eigenvalue weighted by atomic mass is 19.4. The van der Waals surface area contributed by atoms with Gasteiger partial charge in [-0.1, -0.05) is 0 Å². The minimum absolute atomic E-state index is 0.00520. The smallest absolute Gasteiger partial charge is 0.338 e. The standard InChI is InChI=1S/C17H11F8N3O/c18-15(19)7-28(8-15)13(29)2-1-12-6-26-14(27-12)9-3-10(16(20,21)22)5-11(4-9)17(23,24)25/h1-6H,7-8H2,(H,26,27)/b2-1-. The van der Waals surface area contributed by atoms with E-state index < -0.39 is 54.0 Å². The molecule has 2 heterocycles. The second-order valence-electron chi connectivity index (χ2n) is 6.37. The maximum atomic E-state index is 12.9. The molecule has 1 aliphatic heterocycles. The summed E-state index contributed by atoms with van der Waals surface area (Å²) >= 11 is 0. The molecule has 0 aliphatic carbocycles. The zero-order valence-corrected chi connectivity index (χ0v) is 14.2. The number of alkyl halides is 8. The molecule has 0 bridgehead atoms. The quantitative estimate of drug-likeness (QED) is 0.577. The molecular weight excluding hydrogens is 414 g/mol. The molecule has 0 unspecified atom stereocenters. The fourth-order valence-corrected chi connectivity index (χ4v) is 2.59. The first-order valence-corrected chi connectivity index (χ1v) is 7.94. The van der Waals surface area contributed by atoms with E-state index in [9.17, 15) is 39.9 Å². The van der Waals surface area contributed by atoms with Crippen molar-refractivity contribution in [2.24, 2.45) is 0 Å². The molecule has 0 spiro atoms. The van der Waals surface area contributed by atoms with Gasteiger partial charge in [-0.15, -0.1) is 0 Å². The number of benzene rings is 1. The van der Waals surface area contributed by atoms with Gasteiger partial charge in [0.25, 0.3) is 5.92 Å². The van der Waals surface area contributed by atoms with Crippen LogP contribution < -0.4 is 0 Å². The van der Waals surface area contributed by atoms with Crippen LogP contribution in [0.2, 0.25) is 0 Å². The number of hydrogen-bond acceptors (Lipinski definition) is 2. The molecule has 0 saturated carbocycles. The van der Waals surface area contributed by atoms with Gasteiger partial charge in [0, 0.05) is 11.6 Å². The molecule has 0 radical (unpaired) electrons. The largest absolute Gasteiger partial charge is 0.416 e. The summed E-state index contributed by atoms with van der Waals surface area (Å²) in [5.41, 5.74) is -3.36. The SMILES string of the molecule is O=C(/C=C\c1cnc(-c2cc(C(F)(F)F)cc(C(F)(F)F)c2)[nH]1)N1CC(F)(F)C1. The number of aromatic nitrogens is 2. The third-order valence-corrected chi connectivity index (χ3v) is 4.02. The average Bonchev–Trinajstić information content (AvgIpc) is 3.04. The van der Waals surface area contributed by atoms with Crippen LogP contribution in [-0.4, -0.2) is 39.8 Å². The lowest BCUT2D eigenvalue weighted by atomic mass is 10.0. The van der Waals surface area contributed by atoms with Crippen LogP contribution in [0.25, 0.3) is 17.5 Å². The monoisotopic (exact) mass is 425 g/mol. The zero-order chi connectivity index (χ0) is 21.6. The number of H-pyrrole nitrogens is 1. The molecule has 1 N–H and O–H groups in total. The lowest BCUT2D eigenvalue weighted by molar-refractivity contribution is -0.160. The molecule has 1 amide bonds. The van der Waals surface area contributed by atoms with Crippen molar-refractivity contribution >= 4 is 12.0 Å². The van der Waals surface area contributed by atoms with Gasteiger partial charge in [-0.3, -0.25) is 4.79 Å². The maximum Gasteiger partial charge on any atom is 0.416 e. The molecule has 1 aromatic heterocycles. The Balaban J connectivity index is 1.84. The van der Waals surface area contributed by atoms with E-state index in [2.05, 4.69) is 9.97 Å². The number of amides is 1. The van der Waals surface area contributed by atoms with Crippen LogP contribution in [0.15, 0.2) is 30.5 Å². The van der Waals surface area contributed by atoms with Gasteiger partial charge in [-0.2, -0.15) is 26.3 Å².